The summed E-state index contributed by atoms with van der Waals surface area (Å²) in [6.07, 6.45) is 5.58. The fourth-order valence-electron chi connectivity index (χ4n) is 4.61. The second-order valence-electron chi connectivity index (χ2n) is 8.56. The first kappa shape index (κ1) is 22.6. The van der Waals surface area contributed by atoms with Crippen molar-refractivity contribution in [2.24, 2.45) is 0 Å². The zero-order chi connectivity index (χ0) is 23.4. The molecule has 1 heterocycles. The van der Waals surface area contributed by atoms with Gasteiger partial charge in [0.25, 0.3) is 5.91 Å². The lowest BCUT2D eigenvalue weighted by molar-refractivity contribution is -0.123. The van der Waals surface area contributed by atoms with Gasteiger partial charge in [0.05, 0.1) is 19.1 Å². The van der Waals surface area contributed by atoms with Gasteiger partial charge >= 0.3 is 0 Å². The number of furan rings is 1. The van der Waals surface area contributed by atoms with Crippen LogP contribution in [0.4, 0.5) is 5.69 Å². The fourth-order valence-corrected chi connectivity index (χ4v) is 4.61. The van der Waals surface area contributed by atoms with Crippen molar-refractivity contribution < 1.29 is 18.7 Å². The van der Waals surface area contributed by atoms with Gasteiger partial charge < -0.3 is 14.5 Å². The second-order valence-corrected chi connectivity index (χ2v) is 8.56. The molecule has 6 heteroatoms. The van der Waals surface area contributed by atoms with Crippen LogP contribution in [0, 0.1) is 13.8 Å². The summed E-state index contributed by atoms with van der Waals surface area (Å²) in [6.45, 7) is 3.90. The SMILES string of the molecule is COc1ccc([C@H](C(=O)NC2CCCC2)N(C(=O)c2ccco2)c2c(C)cccc2C)cc1. The van der Waals surface area contributed by atoms with Gasteiger partial charge in [-0.1, -0.05) is 43.2 Å². The maximum atomic E-state index is 13.8. The summed E-state index contributed by atoms with van der Waals surface area (Å²) in [5.74, 6) is 0.309. The van der Waals surface area contributed by atoms with E-state index in [1.54, 1.807) is 24.1 Å². The lowest BCUT2D eigenvalue weighted by Crippen LogP contribution is -2.46. The number of aryl methyl sites for hydroxylation is 2. The summed E-state index contributed by atoms with van der Waals surface area (Å²) in [5.41, 5.74) is 3.22. The molecule has 1 atom stereocenters. The molecule has 33 heavy (non-hydrogen) atoms. The van der Waals surface area contributed by atoms with E-state index in [1.807, 2.05) is 56.3 Å². The van der Waals surface area contributed by atoms with Crippen LogP contribution in [0.5, 0.6) is 5.75 Å². The molecule has 1 N–H and O–H groups in total. The highest BCUT2D eigenvalue weighted by atomic mass is 16.5. The molecule has 2 aromatic carbocycles. The highest BCUT2D eigenvalue weighted by Gasteiger charge is 2.37. The number of anilines is 1. The number of amides is 2. The molecule has 1 aliphatic carbocycles. The van der Waals surface area contributed by atoms with E-state index in [-0.39, 0.29) is 23.6 Å². The van der Waals surface area contributed by atoms with Crippen LogP contribution in [0.3, 0.4) is 0 Å². The van der Waals surface area contributed by atoms with Crippen molar-refractivity contribution in [1.82, 2.24) is 5.32 Å². The van der Waals surface area contributed by atoms with E-state index in [2.05, 4.69) is 5.32 Å². The number of nitrogens with zero attached hydrogens (tertiary/aromatic N) is 1. The van der Waals surface area contributed by atoms with Crippen LogP contribution < -0.4 is 15.0 Å². The summed E-state index contributed by atoms with van der Waals surface area (Å²) in [4.78, 5) is 29.2. The van der Waals surface area contributed by atoms with E-state index >= 15 is 0 Å². The number of carbonyl (C=O) groups excluding carboxylic acids is 2. The smallest absolute Gasteiger partial charge is 0.294 e. The van der Waals surface area contributed by atoms with Crippen molar-refractivity contribution in [2.45, 2.75) is 51.6 Å². The molecule has 1 saturated carbocycles. The van der Waals surface area contributed by atoms with E-state index in [4.69, 9.17) is 9.15 Å². The van der Waals surface area contributed by atoms with Gasteiger partial charge in [0.1, 0.15) is 11.8 Å². The number of hydrogen-bond donors (Lipinski definition) is 1. The van der Waals surface area contributed by atoms with Gasteiger partial charge in [-0.25, -0.2) is 0 Å². The summed E-state index contributed by atoms with van der Waals surface area (Å²) in [5, 5.41) is 3.20. The highest BCUT2D eigenvalue weighted by molar-refractivity contribution is 6.09. The van der Waals surface area contributed by atoms with Gasteiger partial charge in [-0.05, 0) is 67.6 Å². The molecule has 3 aromatic rings. The van der Waals surface area contributed by atoms with E-state index in [0.717, 1.165) is 36.8 Å². The minimum Gasteiger partial charge on any atom is -0.497 e. The molecule has 1 aromatic heterocycles. The molecule has 2 amide bonds. The van der Waals surface area contributed by atoms with Crippen molar-refractivity contribution in [1.29, 1.82) is 0 Å². The fraction of sp³-hybridized carbons (Fsp3) is 0.333. The van der Waals surface area contributed by atoms with E-state index in [9.17, 15) is 9.59 Å². The topological polar surface area (TPSA) is 71.8 Å². The molecule has 1 fully saturated rings. The lowest BCUT2D eigenvalue weighted by atomic mass is 9.99. The van der Waals surface area contributed by atoms with Crippen molar-refractivity contribution in [3.8, 4) is 5.75 Å². The largest absolute Gasteiger partial charge is 0.497 e. The van der Waals surface area contributed by atoms with Crippen molar-refractivity contribution in [3.05, 3.63) is 83.3 Å². The summed E-state index contributed by atoms with van der Waals surface area (Å²) in [6, 6.07) is 15.7. The van der Waals surface area contributed by atoms with E-state index in [0.29, 0.717) is 17.0 Å². The van der Waals surface area contributed by atoms with E-state index < -0.39 is 6.04 Å². The zero-order valence-corrected chi connectivity index (χ0v) is 19.3. The second kappa shape index (κ2) is 9.94. The van der Waals surface area contributed by atoms with Crippen LogP contribution in [0.15, 0.2) is 65.3 Å². The van der Waals surface area contributed by atoms with Crippen LogP contribution >= 0.6 is 0 Å². The van der Waals surface area contributed by atoms with Gasteiger partial charge in [0.15, 0.2) is 5.76 Å². The maximum Gasteiger partial charge on any atom is 0.294 e. The number of carbonyl (C=O) groups is 2. The first-order valence-corrected chi connectivity index (χ1v) is 11.4. The predicted octanol–water partition coefficient (Wildman–Crippen LogP) is 5.35. The van der Waals surface area contributed by atoms with Crippen molar-refractivity contribution in [2.75, 3.05) is 12.0 Å². The van der Waals surface area contributed by atoms with Gasteiger partial charge in [0.2, 0.25) is 5.91 Å². The van der Waals surface area contributed by atoms with Crippen LogP contribution in [-0.2, 0) is 4.79 Å². The summed E-state index contributed by atoms with van der Waals surface area (Å²) >= 11 is 0. The Bertz CT molecular complexity index is 1080. The first-order chi connectivity index (χ1) is 16.0. The van der Waals surface area contributed by atoms with E-state index in [1.165, 1.54) is 6.26 Å². The number of rotatable bonds is 7. The average molecular weight is 447 g/mol. The number of benzene rings is 2. The van der Waals surface area contributed by atoms with Crippen LogP contribution in [0.2, 0.25) is 0 Å². The van der Waals surface area contributed by atoms with Crippen molar-refractivity contribution in [3.63, 3.8) is 0 Å². The Kier molecular flexibility index (Phi) is 6.82. The zero-order valence-electron chi connectivity index (χ0n) is 19.3. The van der Waals surface area contributed by atoms with Gasteiger partial charge in [-0.2, -0.15) is 0 Å². The molecule has 4 rings (SSSR count). The number of nitrogens with one attached hydrogen (secondary N) is 1. The Morgan fingerprint density at radius 1 is 1.00 bits per heavy atom. The average Bonchev–Trinajstić information content (AvgIpc) is 3.53. The Labute approximate surface area is 194 Å². The van der Waals surface area contributed by atoms with Crippen molar-refractivity contribution >= 4 is 17.5 Å². The Morgan fingerprint density at radius 2 is 1.67 bits per heavy atom. The number of hydrogen-bond acceptors (Lipinski definition) is 4. The molecule has 1 aliphatic rings. The standard InChI is InChI=1S/C27H30N2O4/c1-18-8-6-9-19(2)24(18)29(27(31)23-12-7-17-33-23)25(20-13-15-22(32-3)16-14-20)26(30)28-21-10-4-5-11-21/h6-9,12-17,21,25H,4-5,10-11H2,1-3H3,(H,28,30)/t25-/m1/s1. The Balaban J connectivity index is 1.85. The number of ether oxygens (including phenoxy) is 1. The number of para-hydroxylation sites is 1. The molecule has 0 unspecified atom stereocenters. The normalized spacial score (nSPS) is 14.6. The van der Waals surface area contributed by atoms with Crippen LogP contribution in [0.1, 0.15) is 59.0 Å². The summed E-state index contributed by atoms with van der Waals surface area (Å²) in [7, 11) is 1.60. The molecule has 172 valence electrons. The Morgan fingerprint density at radius 3 is 2.24 bits per heavy atom. The lowest BCUT2D eigenvalue weighted by Gasteiger charge is -2.33. The summed E-state index contributed by atoms with van der Waals surface area (Å²) < 4.78 is 10.8. The molecule has 0 radical (unpaired) electrons. The van der Waals surface area contributed by atoms with Gasteiger partial charge in [-0.3, -0.25) is 14.5 Å². The predicted molar refractivity (Wildman–Crippen MR) is 128 cm³/mol. The monoisotopic (exact) mass is 446 g/mol. The molecule has 0 aliphatic heterocycles. The maximum absolute atomic E-state index is 13.8. The van der Waals surface area contributed by atoms with Gasteiger partial charge in [-0.15, -0.1) is 0 Å². The van der Waals surface area contributed by atoms with Crippen LogP contribution in [-0.4, -0.2) is 25.0 Å². The molecule has 6 nitrogen and oxygen atoms in total. The van der Waals surface area contributed by atoms with Crippen LogP contribution in [0.25, 0.3) is 0 Å². The minimum absolute atomic E-state index is 0.122. The number of methoxy groups -OCH3 is 1. The molecule has 0 spiro atoms. The Hall–Kier alpha value is -3.54. The van der Waals surface area contributed by atoms with Gasteiger partial charge in [0, 0.05) is 6.04 Å². The quantitative estimate of drug-likeness (QED) is 0.531. The first-order valence-electron chi connectivity index (χ1n) is 11.4. The molecule has 0 bridgehead atoms. The minimum atomic E-state index is -0.867. The molecular weight excluding hydrogens is 416 g/mol. The molecular formula is C27H30N2O4. The third-order valence-electron chi connectivity index (χ3n) is 6.27. The molecule has 0 saturated heterocycles. The third-order valence-corrected chi connectivity index (χ3v) is 6.27. The third kappa shape index (κ3) is 4.80. The highest BCUT2D eigenvalue weighted by Crippen LogP contribution is 2.35.